The van der Waals surface area contributed by atoms with Crippen molar-refractivity contribution < 1.29 is 0 Å². The lowest BCUT2D eigenvalue weighted by Crippen LogP contribution is -2.30. The first-order chi connectivity index (χ1) is 7.33. The Balaban J connectivity index is 1.76. The molecule has 0 radical (unpaired) electrons. The van der Waals surface area contributed by atoms with Crippen LogP contribution in [0.3, 0.4) is 0 Å². The van der Waals surface area contributed by atoms with Crippen LogP contribution in [0.4, 0.5) is 5.69 Å². The predicted molar refractivity (Wildman–Crippen MR) is 61.4 cm³/mol. The van der Waals surface area contributed by atoms with E-state index in [0.717, 1.165) is 19.0 Å². The second-order valence-electron chi connectivity index (χ2n) is 4.35. The van der Waals surface area contributed by atoms with Crippen LogP contribution >= 0.6 is 11.6 Å². The van der Waals surface area contributed by atoms with Crippen LogP contribution in [0.25, 0.3) is 0 Å². The van der Waals surface area contributed by atoms with Crippen LogP contribution in [-0.2, 0) is 0 Å². The van der Waals surface area contributed by atoms with Crippen LogP contribution in [0.1, 0.15) is 6.42 Å². The van der Waals surface area contributed by atoms with E-state index < -0.39 is 0 Å². The molecule has 0 bridgehead atoms. The van der Waals surface area contributed by atoms with Crippen LogP contribution in [0.5, 0.6) is 0 Å². The number of hydrogen-bond donors (Lipinski definition) is 1. The van der Waals surface area contributed by atoms with E-state index in [1.54, 1.807) is 0 Å². The SMILES string of the molecule is Clc1ccc(N2C[C@@H]3CCN[C@@H]3C2)cn1. The highest BCUT2D eigenvalue weighted by Gasteiger charge is 2.35. The summed E-state index contributed by atoms with van der Waals surface area (Å²) in [5.74, 6) is 0.820. The maximum absolute atomic E-state index is 5.77. The minimum atomic E-state index is 0.566. The van der Waals surface area contributed by atoms with Gasteiger partial charge in [-0.1, -0.05) is 11.6 Å². The lowest BCUT2D eigenvalue weighted by molar-refractivity contribution is 0.556. The van der Waals surface area contributed by atoms with E-state index in [1.165, 1.54) is 18.7 Å². The van der Waals surface area contributed by atoms with E-state index >= 15 is 0 Å². The summed E-state index contributed by atoms with van der Waals surface area (Å²) in [7, 11) is 0. The summed E-state index contributed by atoms with van der Waals surface area (Å²) in [6.07, 6.45) is 3.17. The highest BCUT2D eigenvalue weighted by atomic mass is 35.5. The molecular formula is C11H14ClN3. The molecule has 0 aliphatic carbocycles. The zero-order valence-electron chi connectivity index (χ0n) is 8.49. The second kappa shape index (κ2) is 3.65. The molecule has 2 atom stereocenters. The van der Waals surface area contributed by atoms with Gasteiger partial charge in [0.25, 0.3) is 0 Å². The molecule has 0 amide bonds. The third-order valence-electron chi connectivity index (χ3n) is 3.44. The summed E-state index contributed by atoms with van der Waals surface area (Å²) in [6, 6.07) is 4.59. The molecule has 2 aliphatic rings. The molecule has 2 saturated heterocycles. The van der Waals surface area contributed by atoms with Gasteiger partial charge in [-0.3, -0.25) is 0 Å². The van der Waals surface area contributed by atoms with Crippen LogP contribution in [-0.4, -0.2) is 30.7 Å². The number of rotatable bonds is 1. The Kier molecular flexibility index (Phi) is 2.29. The topological polar surface area (TPSA) is 28.2 Å². The molecule has 3 nitrogen and oxygen atoms in total. The minimum Gasteiger partial charge on any atom is -0.368 e. The quantitative estimate of drug-likeness (QED) is 0.732. The van der Waals surface area contributed by atoms with Gasteiger partial charge in [0, 0.05) is 19.1 Å². The molecule has 1 aromatic rings. The van der Waals surface area contributed by atoms with E-state index in [9.17, 15) is 0 Å². The van der Waals surface area contributed by atoms with Gasteiger partial charge < -0.3 is 10.2 Å². The summed E-state index contributed by atoms with van der Waals surface area (Å²) in [6.45, 7) is 3.44. The highest BCUT2D eigenvalue weighted by molar-refractivity contribution is 6.29. The number of anilines is 1. The Labute approximate surface area is 94.4 Å². The van der Waals surface area contributed by atoms with E-state index in [-0.39, 0.29) is 0 Å². The van der Waals surface area contributed by atoms with Crippen LogP contribution < -0.4 is 10.2 Å². The van der Waals surface area contributed by atoms with E-state index in [1.807, 2.05) is 12.3 Å². The first-order valence-corrected chi connectivity index (χ1v) is 5.80. The predicted octanol–water partition coefficient (Wildman–Crippen LogP) is 1.53. The molecule has 15 heavy (non-hydrogen) atoms. The fourth-order valence-electron chi connectivity index (χ4n) is 2.62. The number of aromatic nitrogens is 1. The van der Waals surface area contributed by atoms with Gasteiger partial charge in [-0.05, 0) is 31.0 Å². The summed E-state index contributed by atoms with van der Waals surface area (Å²) in [4.78, 5) is 6.51. The molecule has 2 fully saturated rings. The number of hydrogen-bond acceptors (Lipinski definition) is 3. The van der Waals surface area contributed by atoms with Crippen molar-refractivity contribution in [2.45, 2.75) is 12.5 Å². The summed E-state index contributed by atoms with van der Waals surface area (Å²) >= 11 is 5.77. The molecular weight excluding hydrogens is 210 g/mol. The lowest BCUT2D eigenvalue weighted by Gasteiger charge is -2.18. The summed E-state index contributed by atoms with van der Waals surface area (Å²) in [5, 5.41) is 4.11. The smallest absolute Gasteiger partial charge is 0.129 e. The van der Waals surface area contributed by atoms with Gasteiger partial charge in [0.1, 0.15) is 5.15 Å². The number of nitrogens with one attached hydrogen (secondary N) is 1. The van der Waals surface area contributed by atoms with Crippen molar-refractivity contribution in [3.05, 3.63) is 23.5 Å². The number of pyridine rings is 1. The van der Waals surface area contributed by atoms with Crippen molar-refractivity contribution in [1.29, 1.82) is 0 Å². The minimum absolute atomic E-state index is 0.566. The number of halogens is 1. The van der Waals surface area contributed by atoms with Gasteiger partial charge in [0.2, 0.25) is 0 Å². The monoisotopic (exact) mass is 223 g/mol. The molecule has 2 aliphatic heterocycles. The average Bonchev–Trinajstić information content (AvgIpc) is 2.78. The largest absolute Gasteiger partial charge is 0.368 e. The van der Waals surface area contributed by atoms with Crippen molar-refractivity contribution in [2.75, 3.05) is 24.5 Å². The average molecular weight is 224 g/mol. The number of nitrogens with zero attached hydrogens (tertiary/aromatic N) is 2. The highest BCUT2D eigenvalue weighted by Crippen LogP contribution is 2.28. The van der Waals surface area contributed by atoms with E-state index in [0.29, 0.717) is 11.2 Å². The maximum atomic E-state index is 5.77. The van der Waals surface area contributed by atoms with Gasteiger partial charge in [-0.25, -0.2) is 4.98 Å². The molecule has 4 heteroatoms. The Morgan fingerprint density at radius 2 is 2.33 bits per heavy atom. The van der Waals surface area contributed by atoms with Crippen molar-refractivity contribution in [3.8, 4) is 0 Å². The Bertz CT molecular complexity index is 339. The van der Waals surface area contributed by atoms with Gasteiger partial charge in [-0.15, -0.1) is 0 Å². The zero-order valence-corrected chi connectivity index (χ0v) is 9.24. The molecule has 0 saturated carbocycles. The molecule has 3 rings (SSSR count). The van der Waals surface area contributed by atoms with Crippen LogP contribution in [0.15, 0.2) is 18.3 Å². The Morgan fingerprint density at radius 1 is 1.40 bits per heavy atom. The van der Waals surface area contributed by atoms with E-state index in [2.05, 4.69) is 21.3 Å². The van der Waals surface area contributed by atoms with Crippen molar-refractivity contribution in [1.82, 2.24) is 10.3 Å². The van der Waals surface area contributed by atoms with Gasteiger partial charge >= 0.3 is 0 Å². The first kappa shape index (κ1) is 9.43. The third-order valence-corrected chi connectivity index (χ3v) is 3.66. The molecule has 80 valence electrons. The molecule has 1 N–H and O–H groups in total. The molecule has 0 unspecified atom stereocenters. The lowest BCUT2D eigenvalue weighted by atomic mass is 10.1. The fourth-order valence-corrected chi connectivity index (χ4v) is 2.73. The van der Waals surface area contributed by atoms with Crippen LogP contribution in [0, 0.1) is 5.92 Å². The van der Waals surface area contributed by atoms with Crippen molar-refractivity contribution in [2.24, 2.45) is 5.92 Å². The standard InChI is InChI=1S/C11H14ClN3/c12-11-2-1-9(5-14-11)15-6-8-3-4-13-10(8)7-15/h1-2,5,8,10,13H,3-4,6-7H2/t8-,10+/m0/s1. The fraction of sp³-hybridized carbons (Fsp3) is 0.545. The molecule has 0 spiro atoms. The maximum Gasteiger partial charge on any atom is 0.129 e. The van der Waals surface area contributed by atoms with Crippen LogP contribution in [0.2, 0.25) is 5.15 Å². The van der Waals surface area contributed by atoms with Gasteiger partial charge in [-0.2, -0.15) is 0 Å². The van der Waals surface area contributed by atoms with Gasteiger partial charge in [0.05, 0.1) is 11.9 Å². The normalized spacial score (nSPS) is 29.5. The second-order valence-corrected chi connectivity index (χ2v) is 4.74. The summed E-state index contributed by atoms with van der Waals surface area (Å²) < 4.78 is 0. The van der Waals surface area contributed by atoms with Crippen molar-refractivity contribution in [3.63, 3.8) is 0 Å². The summed E-state index contributed by atoms with van der Waals surface area (Å²) in [5.41, 5.74) is 1.19. The number of fused-ring (bicyclic) bond motifs is 1. The first-order valence-electron chi connectivity index (χ1n) is 5.43. The molecule has 3 heterocycles. The zero-order chi connectivity index (χ0) is 10.3. The third kappa shape index (κ3) is 1.70. The Hall–Kier alpha value is -0.800. The molecule has 1 aromatic heterocycles. The van der Waals surface area contributed by atoms with E-state index in [4.69, 9.17) is 11.6 Å². The van der Waals surface area contributed by atoms with Crippen molar-refractivity contribution >= 4 is 17.3 Å². The Morgan fingerprint density at radius 3 is 3.07 bits per heavy atom. The molecule has 0 aromatic carbocycles. The van der Waals surface area contributed by atoms with Gasteiger partial charge in [0.15, 0.2) is 0 Å².